The molecule has 5 nitrogen and oxygen atoms in total. The summed E-state index contributed by atoms with van der Waals surface area (Å²) in [5.74, 6) is 0.433. The average molecular weight is 251 g/mol. The number of nitrogens with one attached hydrogen (secondary N) is 2. The predicted octanol–water partition coefficient (Wildman–Crippen LogP) is 1.67. The number of esters is 1. The lowest BCUT2D eigenvalue weighted by Crippen LogP contribution is -2.23. The normalized spacial score (nSPS) is 10.1. The largest absolute Gasteiger partial charge is 0.462 e. The molecule has 0 fully saturated rings. The highest BCUT2D eigenvalue weighted by Crippen LogP contribution is 2.05. The lowest BCUT2D eigenvalue weighted by molar-refractivity contribution is 0.0526. The van der Waals surface area contributed by atoms with Crippen LogP contribution in [-0.2, 0) is 4.74 Å². The van der Waals surface area contributed by atoms with Gasteiger partial charge in [0.25, 0.3) is 0 Å². The summed E-state index contributed by atoms with van der Waals surface area (Å²) in [6.07, 6.45) is 2.66. The lowest BCUT2D eigenvalue weighted by atomic mass is 10.3. The summed E-state index contributed by atoms with van der Waals surface area (Å²) in [7, 11) is 0. The molecule has 0 amide bonds. The van der Waals surface area contributed by atoms with Crippen LogP contribution in [0.1, 0.15) is 30.6 Å². The van der Waals surface area contributed by atoms with E-state index in [1.54, 1.807) is 19.1 Å². The second-order valence-corrected chi connectivity index (χ2v) is 3.83. The molecule has 1 heterocycles. The van der Waals surface area contributed by atoms with Crippen LogP contribution in [0.5, 0.6) is 0 Å². The summed E-state index contributed by atoms with van der Waals surface area (Å²) in [5, 5.41) is 6.46. The zero-order chi connectivity index (χ0) is 13.2. The van der Waals surface area contributed by atoms with Crippen molar-refractivity contribution in [3.8, 4) is 0 Å². The summed E-state index contributed by atoms with van der Waals surface area (Å²) < 4.78 is 4.88. The Labute approximate surface area is 108 Å². The van der Waals surface area contributed by atoms with Crippen molar-refractivity contribution in [2.45, 2.75) is 20.3 Å². The number of pyridine rings is 1. The van der Waals surface area contributed by atoms with Crippen LogP contribution in [0, 0.1) is 0 Å². The molecular formula is C13H21N3O2. The molecule has 1 aromatic rings. The Morgan fingerprint density at radius 3 is 2.72 bits per heavy atom. The quantitative estimate of drug-likeness (QED) is 0.543. The van der Waals surface area contributed by atoms with E-state index in [9.17, 15) is 4.79 Å². The smallest absolute Gasteiger partial charge is 0.339 e. The Morgan fingerprint density at radius 1 is 1.28 bits per heavy atom. The molecule has 0 saturated heterocycles. The van der Waals surface area contributed by atoms with Crippen LogP contribution in [0.4, 0.5) is 5.82 Å². The maximum absolute atomic E-state index is 11.4. The van der Waals surface area contributed by atoms with Crippen molar-refractivity contribution in [1.29, 1.82) is 0 Å². The van der Waals surface area contributed by atoms with Gasteiger partial charge in [0, 0.05) is 19.3 Å². The molecule has 5 heteroatoms. The van der Waals surface area contributed by atoms with E-state index in [1.165, 1.54) is 6.20 Å². The molecule has 0 unspecified atom stereocenters. The number of rotatable bonds is 8. The van der Waals surface area contributed by atoms with E-state index in [1.807, 2.05) is 0 Å². The van der Waals surface area contributed by atoms with Gasteiger partial charge in [-0.3, -0.25) is 0 Å². The lowest BCUT2D eigenvalue weighted by Gasteiger charge is -2.07. The number of carbonyl (C=O) groups is 1. The zero-order valence-corrected chi connectivity index (χ0v) is 11.0. The van der Waals surface area contributed by atoms with Crippen LogP contribution in [0.25, 0.3) is 0 Å². The van der Waals surface area contributed by atoms with Crippen LogP contribution in [0.3, 0.4) is 0 Å². The first kappa shape index (κ1) is 14.4. The summed E-state index contributed by atoms with van der Waals surface area (Å²) in [5.41, 5.74) is 0.478. The van der Waals surface area contributed by atoms with Gasteiger partial charge in [-0.05, 0) is 32.0 Å². The molecule has 0 aromatic carbocycles. The summed E-state index contributed by atoms with van der Waals surface area (Å²) in [6, 6.07) is 3.50. The monoisotopic (exact) mass is 251 g/mol. The fourth-order valence-corrected chi connectivity index (χ4v) is 1.41. The van der Waals surface area contributed by atoms with Gasteiger partial charge in [0.15, 0.2) is 0 Å². The Kier molecular flexibility index (Phi) is 6.79. The number of anilines is 1. The highest BCUT2D eigenvalue weighted by Gasteiger charge is 2.05. The van der Waals surface area contributed by atoms with E-state index in [2.05, 4.69) is 22.5 Å². The molecule has 0 saturated carbocycles. The molecule has 1 rings (SSSR count). The summed E-state index contributed by atoms with van der Waals surface area (Å²) >= 11 is 0. The fourth-order valence-electron chi connectivity index (χ4n) is 1.41. The molecule has 100 valence electrons. The maximum atomic E-state index is 11.4. The van der Waals surface area contributed by atoms with E-state index in [4.69, 9.17) is 4.74 Å². The molecule has 0 spiro atoms. The molecule has 0 aliphatic rings. The van der Waals surface area contributed by atoms with Crippen LogP contribution in [0.2, 0.25) is 0 Å². The minimum atomic E-state index is -0.332. The van der Waals surface area contributed by atoms with Crippen molar-refractivity contribution in [1.82, 2.24) is 10.3 Å². The van der Waals surface area contributed by atoms with Gasteiger partial charge in [-0.1, -0.05) is 6.92 Å². The number of hydrogen-bond acceptors (Lipinski definition) is 5. The molecule has 2 N–H and O–H groups in total. The van der Waals surface area contributed by atoms with E-state index in [0.29, 0.717) is 12.2 Å². The Balaban J connectivity index is 2.33. The van der Waals surface area contributed by atoms with Gasteiger partial charge in [-0.25, -0.2) is 9.78 Å². The van der Waals surface area contributed by atoms with Gasteiger partial charge < -0.3 is 15.4 Å². The standard InChI is InChI=1S/C13H21N3O2/c1-3-7-14-8-9-15-12-6-5-11(10-16-12)13(17)18-4-2/h5-6,10,14H,3-4,7-9H2,1-2H3,(H,15,16). The number of carbonyl (C=O) groups excluding carboxylic acids is 1. The van der Waals surface area contributed by atoms with Crippen LogP contribution >= 0.6 is 0 Å². The van der Waals surface area contributed by atoms with E-state index in [0.717, 1.165) is 31.9 Å². The molecule has 0 radical (unpaired) electrons. The third-order valence-electron chi connectivity index (χ3n) is 2.31. The zero-order valence-electron chi connectivity index (χ0n) is 11.0. The Bertz CT molecular complexity index is 352. The highest BCUT2D eigenvalue weighted by atomic mass is 16.5. The van der Waals surface area contributed by atoms with Crippen LogP contribution in [-0.4, -0.2) is 37.2 Å². The molecule has 1 aromatic heterocycles. The van der Waals surface area contributed by atoms with Gasteiger partial charge in [0.05, 0.1) is 12.2 Å². The number of aromatic nitrogens is 1. The maximum Gasteiger partial charge on any atom is 0.339 e. The van der Waals surface area contributed by atoms with Crippen molar-refractivity contribution < 1.29 is 9.53 Å². The number of nitrogens with zero attached hydrogens (tertiary/aromatic N) is 1. The van der Waals surface area contributed by atoms with Crippen molar-refractivity contribution in [2.75, 3.05) is 31.6 Å². The molecule has 0 aliphatic heterocycles. The Hall–Kier alpha value is -1.62. The number of ether oxygens (including phenoxy) is 1. The van der Waals surface area contributed by atoms with Crippen molar-refractivity contribution in [3.05, 3.63) is 23.9 Å². The van der Waals surface area contributed by atoms with Gasteiger partial charge >= 0.3 is 5.97 Å². The predicted molar refractivity (Wildman–Crippen MR) is 71.8 cm³/mol. The van der Waals surface area contributed by atoms with Gasteiger partial charge in [0.2, 0.25) is 0 Å². The first-order valence-corrected chi connectivity index (χ1v) is 6.35. The van der Waals surface area contributed by atoms with Crippen molar-refractivity contribution in [2.24, 2.45) is 0 Å². The number of hydrogen-bond donors (Lipinski definition) is 2. The Morgan fingerprint density at radius 2 is 2.11 bits per heavy atom. The average Bonchev–Trinajstić information content (AvgIpc) is 2.39. The first-order valence-electron chi connectivity index (χ1n) is 6.35. The fraction of sp³-hybridized carbons (Fsp3) is 0.538. The SMILES string of the molecule is CCCNCCNc1ccc(C(=O)OCC)cn1. The van der Waals surface area contributed by atoms with Gasteiger partial charge in [-0.2, -0.15) is 0 Å². The first-order chi connectivity index (χ1) is 8.77. The third-order valence-corrected chi connectivity index (χ3v) is 2.31. The minimum Gasteiger partial charge on any atom is -0.462 e. The van der Waals surface area contributed by atoms with Crippen LogP contribution in [0.15, 0.2) is 18.3 Å². The molecule has 0 bridgehead atoms. The van der Waals surface area contributed by atoms with E-state index >= 15 is 0 Å². The second kappa shape index (κ2) is 8.47. The van der Waals surface area contributed by atoms with E-state index < -0.39 is 0 Å². The van der Waals surface area contributed by atoms with Crippen molar-refractivity contribution in [3.63, 3.8) is 0 Å². The van der Waals surface area contributed by atoms with Crippen molar-refractivity contribution >= 4 is 11.8 Å². The molecule has 0 aliphatic carbocycles. The molecular weight excluding hydrogens is 230 g/mol. The summed E-state index contributed by atoms with van der Waals surface area (Å²) in [4.78, 5) is 15.6. The van der Waals surface area contributed by atoms with Gasteiger partial charge in [0.1, 0.15) is 5.82 Å². The topological polar surface area (TPSA) is 63.2 Å². The minimum absolute atomic E-state index is 0.332. The highest BCUT2D eigenvalue weighted by molar-refractivity contribution is 5.89. The molecule has 18 heavy (non-hydrogen) atoms. The van der Waals surface area contributed by atoms with Gasteiger partial charge in [-0.15, -0.1) is 0 Å². The second-order valence-electron chi connectivity index (χ2n) is 3.83. The van der Waals surface area contributed by atoms with Crippen LogP contribution < -0.4 is 10.6 Å². The summed E-state index contributed by atoms with van der Waals surface area (Å²) in [6.45, 7) is 7.03. The van der Waals surface area contributed by atoms with E-state index in [-0.39, 0.29) is 5.97 Å². The third kappa shape index (κ3) is 5.14. The molecule has 0 atom stereocenters.